The average molecular weight is 337 g/mol. The fourth-order valence-corrected chi connectivity index (χ4v) is 2.14. The Morgan fingerprint density at radius 1 is 1.50 bits per heavy atom. The minimum atomic E-state index is -0.738. The lowest BCUT2D eigenvalue weighted by Gasteiger charge is -2.34. The van der Waals surface area contributed by atoms with E-state index in [9.17, 15) is 9.18 Å². The maximum atomic E-state index is 14.0. The summed E-state index contributed by atoms with van der Waals surface area (Å²) in [5.74, 6) is -0.931. The van der Waals surface area contributed by atoms with Crippen LogP contribution in [0.4, 0.5) is 4.39 Å². The van der Waals surface area contributed by atoms with E-state index in [0.29, 0.717) is 10.9 Å². The molecule has 100 valence electrons. The van der Waals surface area contributed by atoms with Crippen LogP contribution in [0.5, 0.6) is 0 Å². The number of hydrogen-bond donors (Lipinski definition) is 0. The molecule has 0 amide bonds. The Balaban J connectivity index is 3.31. The second-order valence-electron chi connectivity index (χ2n) is 4.57. The fourth-order valence-electron chi connectivity index (χ4n) is 1.67. The summed E-state index contributed by atoms with van der Waals surface area (Å²) in [5, 5.41) is -0.0574. The molecule has 1 aromatic rings. The molecule has 1 unspecified atom stereocenters. The van der Waals surface area contributed by atoms with Crippen molar-refractivity contribution in [3.05, 3.63) is 33.0 Å². The molecule has 0 N–H and O–H groups in total. The van der Waals surface area contributed by atoms with Crippen molar-refractivity contribution in [3.8, 4) is 0 Å². The maximum absolute atomic E-state index is 14.0. The van der Waals surface area contributed by atoms with Crippen LogP contribution in [0.3, 0.4) is 0 Å². The molecule has 0 saturated carbocycles. The van der Waals surface area contributed by atoms with Crippen LogP contribution in [0, 0.1) is 5.82 Å². The van der Waals surface area contributed by atoms with Gasteiger partial charge in [-0.1, -0.05) is 18.5 Å². The second-order valence-corrected chi connectivity index (χ2v) is 5.81. The van der Waals surface area contributed by atoms with E-state index >= 15 is 0 Å². The lowest BCUT2D eigenvalue weighted by molar-refractivity contribution is 0.0706. The SMILES string of the molecule is CCC(C)(C(=O)c1ccc(Br)c(Cl)c1F)N(C)C. The Morgan fingerprint density at radius 3 is 2.50 bits per heavy atom. The number of carbonyl (C=O) groups is 1. The van der Waals surface area contributed by atoms with Crippen LogP contribution in [-0.4, -0.2) is 30.3 Å². The van der Waals surface area contributed by atoms with Crippen LogP contribution < -0.4 is 0 Å². The number of nitrogens with zero attached hydrogens (tertiary/aromatic N) is 1. The van der Waals surface area contributed by atoms with Crippen LogP contribution in [0.25, 0.3) is 0 Å². The lowest BCUT2D eigenvalue weighted by Crippen LogP contribution is -2.48. The van der Waals surface area contributed by atoms with Crippen LogP contribution in [0.2, 0.25) is 5.02 Å². The zero-order valence-electron chi connectivity index (χ0n) is 10.9. The summed E-state index contributed by atoms with van der Waals surface area (Å²) in [4.78, 5) is 14.3. The summed E-state index contributed by atoms with van der Waals surface area (Å²) >= 11 is 8.94. The third-order valence-corrected chi connectivity index (χ3v) is 4.70. The quantitative estimate of drug-likeness (QED) is 0.608. The molecular weight excluding hydrogens is 321 g/mol. The molecule has 0 aliphatic rings. The van der Waals surface area contributed by atoms with E-state index in [0.717, 1.165) is 0 Å². The summed E-state index contributed by atoms with van der Waals surface area (Å²) in [7, 11) is 3.61. The van der Waals surface area contributed by atoms with E-state index < -0.39 is 11.4 Å². The highest BCUT2D eigenvalue weighted by Gasteiger charge is 2.36. The first-order valence-electron chi connectivity index (χ1n) is 5.61. The molecule has 0 aliphatic carbocycles. The summed E-state index contributed by atoms with van der Waals surface area (Å²) in [5.41, 5.74) is -0.709. The zero-order chi connectivity index (χ0) is 14.1. The van der Waals surface area contributed by atoms with Gasteiger partial charge in [-0.2, -0.15) is 0 Å². The summed E-state index contributed by atoms with van der Waals surface area (Å²) in [6.07, 6.45) is 0.589. The fraction of sp³-hybridized carbons (Fsp3) is 0.462. The summed E-state index contributed by atoms with van der Waals surface area (Å²) in [6, 6.07) is 3.05. The Hall–Kier alpha value is -0.450. The van der Waals surface area contributed by atoms with Crippen molar-refractivity contribution in [2.45, 2.75) is 25.8 Å². The Morgan fingerprint density at radius 2 is 2.06 bits per heavy atom. The van der Waals surface area contributed by atoms with Crippen LogP contribution >= 0.6 is 27.5 Å². The van der Waals surface area contributed by atoms with E-state index in [-0.39, 0.29) is 16.4 Å². The molecule has 0 radical (unpaired) electrons. The maximum Gasteiger partial charge on any atom is 0.185 e. The van der Waals surface area contributed by atoms with Gasteiger partial charge in [-0.25, -0.2) is 4.39 Å². The molecule has 0 saturated heterocycles. The van der Waals surface area contributed by atoms with Gasteiger partial charge < -0.3 is 0 Å². The van der Waals surface area contributed by atoms with Crippen molar-refractivity contribution in [1.29, 1.82) is 0 Å². The minimum absolute atomic E-state index is 0.0289. The topological polar surface area (TPSA) is 20.3 Å². The first-order valence-corrected chi connectivity index (χ1v) is 6.78. The van der Waals surface area contributed by atoms with E-state index in [4.69, 9.17) is 11.6 Å². The first-order chi connectivity index (χ1) is 8.25. The molecule has 0 fully saturated rings. The standard InChI is InChI=1S/C13H16BrClFNO/c1-5-13(2,17(3)4)12(18)8-6-7-9(14)10(15)11(8)16/h6-7H,5H2,1-4H3. The molecule has 0 bridgehead atoms. The minimum Gasteiger partial charge on any atom is -0.297 e. The van der Waals surface area contributed by atoms with Crippen LogP contribution in [-0.2, 0) is 0 Å². The number of Topliss-reactive ketones (excluding diaryl/α,β-unsaturated/α-hetero) is 1. The number of benzene rings is 1. The van der Waals surface area contributed by atoms with Gasteiger partial charge in [-0.3, -0.25) is 9.69 Å². The number of carbonyl (C=O) groups excluding carboxylic acids is 1. The van der Waals surface area contributed by atoms with Crippen molar-refractivity contribution in [2.24, 2.45) is 0 Å². The molecule has 5 heteroatoms. The number of rotatable bonds is 4. The number of ketones is 1. The van der Waals surface area contributed by atoms with E-state index in [1.165, 1.54) is 6.07 Å². The van der Waals surface area contributed by atoms with Crippen molar-refractivity contribution >= 4 is 33.3 Å². The molecule has 1 rings (SSSR count). The first kappa shape index (κ1) is 15.6. The van der Waals surface area contributed by atoms with E-state index in [2.05, 4.69) is 15.9 Å². The highest BCUT2D eigenvalue weighted by molar-refractivity contribution is 9.10. The molecule has 2 nitrogen and oxygen atoms in total. The molecule has 0 aliphatic heterocycles. The third kappa shape index (κ3) is 2.60. The zero-order valence-corrected chi connectivity index (χ0v) is 13.2. The number of hydrogen-bond acceptors (Lipinski definition) is 2. The normalized spacial score (nSPS) is 14.7. The predicted octanol–water partition coefficient (Wildman–Crippen LogP) is 4.15. The molecule has 0 aromatic heterocycles. The van der Waals surface area contributed by atoms with Crippen molar-refractivity contribution < 1.29 is 9.18 Å². The second kappa shape index (κ2) is 5.68. The molecule has 0 heterocycles. The monoisotopic (exact) mass is 335 g/mol. The smallest absolute Gasteiger partial charge is 0.185 e. The van der Waals surface area contributed by atoms with E-state index in [1.807, 2.05) is 6.92 Å². The van der Waals surface area contributed by atoms with Gasteiger partial charge in [-0.05, 0) is 55.5 Å². The Bertz CT molecular complexity index is 478. The van der Waals surface area contributed by atoms with Gasteiger partial charge >= 0.3 is 0 Å². The number of likely N-dealkylation sites (N-methyl/N-ethyl adjacent to an activating group) is 1. The van der Waals surface area contributed by atoms with Crippen LogP contribution in [0.15, 0.2) is 16.6 Å². The van der Waals surface area contributed by atoms with Crippen molar-refractivity contribution in [2.75, 3.05) is 14.1 Å². The molecule has 18 heavy (non-hydrogen) atoms. The van der Waals surface area contributed by atoms with Gasteiger partial charge in [0, 0.05) is 4.47 Å². The molecule has 0 spiro atoms. The van der Waals surface area contributed by atoms with Gasteiger partial charge in [0.1, 0.15) is 0 Å². The van der Waals surface area contributed by atoms with Crippen molar-refractivity contribution in [1.82, 2.24) is 4.90 Å². The number of halogens is 3. The largest absolute Gasteiger partial charge is 0.297 e. The predicted molar refractivity (Wildman–Crippen MR) is 75.8 cm³/mol. The van der Waals surface area contributed by atoms with E-state index in [1.54, 1.807) is 32.0 Å². The summed E-state index contributed by atoms with van der Waals surface area (Å²) in [6.45, 7) is 3.70. The summed E-state index contributed by atoms with van der Waals surface area (Å²) < 4.78 is 14.5. The molecular formula is C13H16BrClFNO. The van der Waals surface area contributed by atoms with Gasteiger partial charge in [0.05, 0.1) is 16.1 Å². The van der Waals surface area contributed by atoms with Gasteiger partial charge in [0.2, 0.25) is 0 Å². The van der Waals surface area contributed by atoms with Gasteiger partial charge in [-0.15, -0.1) is 0 Å². The van der Waals surface area contributed by atoms with Gasteiger partial charge in [0.25, 0.3) is 0 Å². The van der Waals surface area contributed by atoms with Gasteiger partial charge in [0.15, 0.2) is 11.6 Å². The molecule has 1 atom stereocenters. The highest BCUT2D eigenvalue weighted by atomic mass is 79.9. The lowest BCUT2D eigenvalue weighted by atomic mass is 9.87. The van der Waals surface area contributed by atoms with Crippen LogP contribution in [0.1, 0.15) is 30.6 Å². The Kier molecular flexibility index (Phi) is 4.92. The van der Waals surface area contributed by atoms with Crippen molar-refractivity contribution in [3.63, 3.8) is 0 Å². The molecule has 1 aromatic carbocycles. The average Bonchev–Trinajstić information content (AvgIpc) is 2.34. The highest BCUT2D eigenvalue weighted by Crippen LogP contribution is 2.31. The Labute approximate surface area is 120 Å². The third-order valence-electron chi connectivity index (χ3n) is 3.44.